The molecule has 1 aliphatic carbocycles. The predicted molar refractivity (Wildman–Crippen MR) is 124 cm³/mol. The molecule has 6 nitrogen and oxygen atoms in total. The van der Waals surface area contributed by atoms with Gasteiger partial charge in [0.15, 0.2) is 6.61 Å². The van der Waals surface area contributed by atoms with Crippen LogP contribution >= 0.6 is 11.6 Å². The highest BCUT2D eigenvalue weighted by atomic mass is 35.5. The van der Waals surface area contributed by atoms with Crippen molar-refractivity contribution in [1.82, 2.24) is 4.90 Å². The van der Waals surface area contributed by atoms with Crippen molar-refractivity contribution >= 4 is 29.1 Å². The van der Waals surface area contributed by atoms with Gasteiger partial charge in [0.1, 0.15) is 5.75 Å². The van der Waals surface area contributed by atoms with Gasteiger partial charge in [-0.3, -0.25) is 9.59 Å². The second-order valence-corrected chi connectivity index (χ2v) is 8.79. The minimum atomic E-state index is -0.615. The first-order valence-electron chi connectivity index (χ1n) is 11.2. The van der Waals surface area contributed by atoms with Crippen molar-refractivity contribution < 1.29 is 19.1 Å². The lowest BCUT2D eigenvalue weighted by molar-refractivity contribution is -0.137. The number of nitrogens with one attached hydrogen (secondary N) is 1. The Morgan fingerprint density at radius 3 is 2.38 bits per heavy atom. The molecule has 170 valence electrons. The van der Waals surface area contributed by atoms with E-state index in [0.717, 1.165) is 37.7 Å². The average molecular weight is 457 g/mol. The number of amides is 2. The molecule has 32 heavy (non-hydrogen) atoms. The summed E-state index contributed by atoms with van der Waals surface area (Å²) in [7, 11) is 0. The molecule has 0 aromatic heterocycles. The summed E-state index contributed by atoms with van der Waals surface area (Å²) in [5.41, 5.74) is 0.982. The third-order valence-corrected chi connectivity index (χ3v) is 6.70. The maximum atomic E-state index is 13.5. The van der Waals surface area contributed by atoms with Crippen LogP contribution in [-0.4, -0.2) is 49.6 Å². The molecule has 1 heterocycles. The van der Waals surface area contributed by atoms with E-state index in [0.29, 0.717) is 42.8 Å². The molecule has 0 unspecified atom stereocenters. The van der Waals surface area contributed by atoms with E-state index in [2.05, 4.69) is 5.32 Å². The highest BCUT2D eigenvalue weighted by Crippen LogP contribution is 2.43. The number of hydrogen-bond donors (Lipinski definition) is 1. The minimum absolute atomic E-state index is 0.0126. The van der Waals surface area contributed by atoms with E-state index in [1.54, 1.807) is 29.2 Å². The van der Waals surface area contributed by atoms with Gasteiger partial charge in [0.05, 0.1) is 18.6 Å². The highest BCUT2D eigenvalue weighted by Gasteiger charge is 2.42. The maximum absolute atomic E-state index is 13.5. The van der Waals surface area contributed by atoms with Crippen molar-refractivity contribution in [2.24, 2.45) is 0 Å². The van der Waals surface area contributed by atoms with Gasteiger partial charge in [0.2, 0.25) is 5.91 Å². The van der Waals surface area contributed by atoms with Crippen LogP contribution < -0.4 is 10.1 Å². The molecule has 2 aromatic rings. The normalized spacial score (nSPS) is 18.1. The number of carbonyl (C=O) groups excluding carboxylic acids is 2. The molecule has 2 amide bonds. The molecule has 0 radical (unpaired) electrons. The van der Waals surface area contributed by atoms with Gasteiger partial charge in [-0.05, 0) is 48.7 Å². The SMILES string of the molecule is O=C(COc1ccc(NC(=O)C2(c3ccccc3Cl)CCCCC2)cc1)N1CCOCC1. The second kappa shape index (κ2) is 10.4. The lowest BCUT2D eigenvalue weighted by atomic mass is 9.68. The summed E-state index contributed by atoms with van der Waals surface area (Å²) in [5, 5.41) is 3.72. The molecule has 0 bridgehead atoms. The number of hydrogen-bond acceptors (Lipinski definition) is 4. The van der Waals surface area contributed by atoms with Gasteiger partial charge < -0.3 is 19.7 Å². The van der Waals surface area contributed by atoms with Gasteiger partial charge in [-0.2, -0.15) is 0 Å². The van der Waals surface area contributed by atoms with Gasteiger partial charge in [-0.15, -0.1) is 0 Å². The second-order valence-electron chi connectivity index (χ2n) is 8.38. The van der Waals surface area contributed by atoms with Crippen LogP contribution in [0.2, 0.25) is 5.02 Å². The van der Waals surface area contributed by atoms with Crippen LogP contribution in [0.25, 0.3) is 0 Å². The number of carbonyl (C=O) groups is 2. The molecule has 1 saturated heterocycles. The van der Waals surface area contributed by atoms with E-state index < -0.39 is 5.41 Å². The molecule has 2 fully saturated rings. The number of benzene rings is 2. The van der Waals surface area contributed by atoms with E-state index >= 15 is 0 Å². The van der Waals surface area contributed by atoms with E-state index in [1.165, 1.54) is 0 Å². The molecule has 4 rings (SSSR count). The first-order valence-corrected chi connectivity index (χ1v) is 11.6. The number of ether oxygens (including phenoxy) is 2. The van der Waals surface area contributed by atoms with E-state index in [-0.39, 0.29) is 18.4 Å². The first-order chi connectivity index (χ1) is 15.6. The summed E-state index contributed by atoms with van der Waals surface area (Å²) in [6.45, 7) is 2.31. The fourth-order valence-corrected chi connectivity index (χ4v) is 4.87. The summed E-state index contributed by atoms with van der Waals surface area (Å²) >= 11 is 6.50. The lowest BCUT2D eigenvalue weighted by Crippen LogP contribution is -2.43. The summed E-state index contributed by atoms with van der Waals surface area (Å²) < 4.78 is 10.9. The van der Waals surface area contributed by atoms with Crippen molar-refractivity contribution in [3.63, 3.8) is 0 Å². The Kier molecular flexibility index (Phi) is 7.33. The van der Waals surface area contributed by atoms with Crippen molar-refractivity contribution in [3.8, 4) is 5.75 Å². The Morgan fingerprint density at radius 1 is 1.00 bits per heavy atom. The molecule has 1 N–H and O–H groups in total. The molecule has 2 aliphatic rings. The molecule has 7 heteroatoms. The number of morpholine rings is 1. The molecule has 2 aromatic carbocycles. The van der Waals surface area contributed by atoms with Gasteiger partial charge in [-0.1, -0.05) is 49.1 Å². The summed E-state index contributed by atoms with van der Waals surface area (Å²) in [6, 6.07) is 14.8. The third-order valence-electron chi connectivity index (χ3n) is 6.37. The molecule has 0 spiro atoms. The highest BCUT2D eigenvalue weighted by molar-refractivity contribution is 6.31. The fourth-order valence-electron chi connectivity index (χ4n) is 4.56. The van der Waals surface area contributed by atoms with Crippen LogP contribution in [0.3, 0.4) is 0 Å². The Hall–Kier alpha value is -2.57. The Morgan fingerprint density at radius 2 is 1.69 bits per heavy atom. The number of halogens is 1. The Labute approximate surface area is 193 Å². The quantitative estimate of drug-likeness (QED) is 0.698. The van der Waals surface area contributed by atoms with Crippen molar-refractivity contribution in [3.05, 3.63) is 59.1 Å². The first kappa shape index (κ1) is 22.6. The smallest absolute Gasteiger partial charge is 0.260 e. The molecule has 1 saturated carbocycles. The molecular formula is C25H29ClN2O4. The zero-order chi connectivity index (χ0) is 22.4. The largest absolute Gasteiger partial charge is 0.484 e. The summed E-state index contributed by atoms with van der Waals surface area (Å²) in [6.07, 6.45) is 4.71. The monoisotopic (exact) mass is 456 g/mol. The zero-order valence-electron chi connectivity index (χ0n) is 18.1. The minimum Gasteiger partial charge on any atom is -0.484 e. The summed E-state index contributed by atoms with van der Waals surface area (Å²) in [4.78, 5) is 27.4. The number of rotatable bonds is 6. The number of anilines is 1. The Balaban J connectivity index is 1.40. The molecule has 1 aliphatic heterocycles. The van der Waals surface area contributed by atoms with Gasteiger partial charge in [0.25, 0.3) is 5.91 Å². The van der Waals surface area contributed by atoms with E-state index in [4.69, 9.17) is 21.1 Å². The van der Waals surface area contributed by atoms with Crippen molar-refractivity contribution in [1.29, 1.82) is 0 Å². The fraction of sp³-hybridized carbons (Fsp3) is 0.440. The standard InChI is InChI=1S/C25H29ClN2O4/c26-22-7-3-2-6-21(22)25(12-4-1-5-13-25)24(30)27-19-8-10-20(11-9-19)32-18-23(29)28-14-16-31-17-15-28/h2-3,6-11H,1,4-5,12-18H2,(H,27,30). The van der Waals surface area contributed by atoms with Crippen LogP contribution in [0.4, 0.5) is 5.69 Å². The lowest BCUT2D eigenvalue weighted by Gasteiger charge is -2.37. The molecular weight excluding hydrogens is 428 g/mol. The van der Waals surface area contributed by atoms with Gasteiger partial charge in [0, 0.05) is 23.8 Å². The van der Waals surface area contributed by atoms with Crippen LogP contribution in [0.5, 0.6) is 5.75 Å². The topological polar surface area (TPSA) is 67.9 Å². The van der Waals surface area contributed by atoms with Crippen molar-refractivity contribution in [2.45, 2.75) is 37.5 Å². The summed E-state index contributed by atoms with van der Waals surface area (Å²) in [5.74, 6) is 0.509. The van der Waals surface area contributed by atoms with Crippen LogP contribution in [0, 0.1) is 0 Å². The van der Waals surface area contributed by atoms with Crippen LogP contribution in [-0.2, 0) is 19.7 Å². The van der Waals surface area contributed by atoms with Crippen molar-refractivity contribution in [2.75, 3.05) is 38.2 Å². The van der Waals surface area contributed by atoms with Gasteiger partial charge >= 0.3 is 0 Å². The average Bonchev–Trinajstić information content (AvgIpc) is 2.84. The van der Waals surface area contributed by atoms with Crippen LogP contribution in [0.15, 0.2) is 48.5 Å². The predicted octanol–water partition coefficient (Wildman–Crippen LogP) is 4.42. The Bertz CT molecular complexity index is 935. The maximum Gasteiger partial charge on any atom is 0.260 e. The van der Waals surface area contributed by atoms with Crippen LogP contribution in [0.1, 0.15) is 37.7 Å². The number of nitrogens with zero attached hydrogens (tertiary/aromatic N) is 1. The molecule has 0 atom stereocenters. The van der Waals surface area contributed by atoms with Gasteiger partial charge in [-0.25, -0.2) is 0 Å². The third kappa shape index (κ3) is 5.08. The zero-order valence-corrected chi connectivity index (χ0v) is 18.9. The van der Waals surface area contributed by atoms with E-state index in [9.17, 15) is 9.59 Å². The van der Waals surface area contributed by atoms with E-state index in [1.807, 2.05) is 24.3 Å².